The number of nitrogens with zero attached hydrogens (tertiary/aromatic N) is 1. The molecule has 104 valence electrons. The number of anilines is 2. The summed E-state index contributed by atoms with van der Waals surface area (Å²) < 4.78 is 11.4. The summed E-state index contributed by atoms with van der Waals surface area (Å²) in [5.41, 5.74) is 2.29. The molecule has 0 fully saturated rings. The summed E-state index contributed by atoms with van der Waals surface area (Å²) in [6, 6.07) is 16.4. The van der Waals surface area contributed by atoms with Crippen molar-refractivity contribution in [1.29, 1.82) is 0 Å². The van der Waals surface area contributed by atoms with Gasteiger partial charge in [0.2, 0.25) is 0 Å². The van der Waals surface area contributed by atoms with Crippen molar-refractivity contribution in [2.45, 2.75) is 20.0 Å². The van der Waals surface area contributed by atoms with Crippen LogP contribution in [0, 0.1) is 0 Å². The standard InChI is InChI=1S/C17H19NO2/c1-13(2)20-15-9-7-14(8-10-15)18-11-12-19-17-6-4-3-5-16(17)18/h3-10,13H,11-12H2,1-2H3. The number of ether oxygens (including phenoxy) is 2. The van der Waals surface area contributed by atoms with Gasteiger partial charge in [0.05, 0.1) is 18.3 Å². The second-order valence-corrected chi connectivity index (χ2v) is 5.13. The molecule has 0 spiro atoms. The van der Waals surface area contributed by atoms with E-state index in [9.17, 15) is 0 Å². The molecule has 0 saturated carbocycles. The summed E-state index contributed by atoms with van der Waals surface area (Å²) in [7, 11) is 0. The van der Waals surface area contributed by atoms with Crippen LogP contribution in [-0.4, -0.2) is 19.3 Å². The monoisotopic (exact) mass is 269 g/mol. The van der Waals surface area contributed by atoms with Crippen LogP contribution in [0.15, 0.2) is 48.5 Å². The van der Waals surface area contributed by atoms with E-state index in [1.807, 2.05) is 44.2 Å². The molecular formula is C17H19NO2. The van der Waals surface area contributed by atoms with Crippen molar-refractivity contribution in [2.24, 2.45) is 0 Å². The van der Waals surface area contributed by atoms with E-state index in [2.05, 4.69) is 23.1 Å². The lowest BCUT2D eigenvalue weighted by molar-refractivity contribution is 0.242. The van der Waals surface area contributed by atoms with E-state index in [-0.39, 0.29) is 6.10 Å². The van der Waals surface area contributed by atoms with Gasteiger partial charge in [-0.1, -0.05) is 12.1 Å². The van der Waals surface area contributed by atoms with E-state index in [0.29, 0.717) is 6.61 Å². The third kappa shape index (κ3) is 2.57. The second-order valence-electron chi connectivity index (χ2n) is 5.13. The Bertz CT molecular complexity index is 578. The maximum absolute atomic E-state index is 5.69. The fourth-order valence-corrected chi connectivity index (χ4v) is 2.41. The molecule has 0 aromatic heterocycles. The topological polar surface area (TPSA) is 21.7 Å². The minimum absolute atomic E-state index is 0.199. The molecule has 0 amide bonds. The highest BCUT2D eigenvalue weighted by atomic mass is 16.5. The summed E-state index contributed by atoms with van der Waals surface area (Å²) in [6.07, 6.45) is 0.199. The highest BCUT2D eigenvalue weighted by molar-refractivity contribution is 5.70. The van der Waals surface area contributed by atoms with Gasteiger partial charge in [0.15, 0.2) is 0 Å². The Morgan fingerprint density at radius 3 is 2.55 bits per heavy atom. The molecule has 2 aromatic rings. The second kappa shape index (κ2) is 5.45. The third-order valence-corrected chi connectivity index (χ3v) is 3.25. The fourth-order valence-electron chi connectivity index (χ4n) is 2.41. The molecule has 3 rings (SSSR count). The van der Waals surface area contributed by atoms with Crippen LogP contribution in [-0.2, 0) is 0 Å². The van der Waals surface area contributed by atoms with Gasteiger partial charge in [0.25, 0.3) is 0 Å². The molecule has 1 heterocycles. The molecule has 0 atom stereocenters. The van der Waals surface area contributed by atoms with Gasteiger partial charge < -0.3 is 14.4 Å². The van der Waals surface area contributed by atoms with Crippen molar-refractivity contribution in [3.05, 3.63) is 48.5 Å². The van der Waals surface area contributed by atoms with E-state index in [4.69, 9.17) is 9.47 Å². The van der Waals surface area contributed by atoms with E-state index >= 15 is 0 Å². The first kappa shape index (κ1) is 12.9. The molecule has 0 aliphatic carbocycles. The molecule has 0 bridgehead atoms. The van der Waals surface area contributed by atoms with Crippen molar-refractivity contribution in [2.75, 3.05) is 18.1 Å². The number of fused-ring (bicyclic) bond motifs is 1. The van der Waals surface area contributed by atoms with E-state index < -0.39 is 0 Å². The largest absolute Gasteiger partial charge is 0.491 e. The Morgan fingerprint density at radius 1 is 1.05 bits per heavy atom. The first-order valence-corrected chi connectivity index (χ1v) is 7.00. The zero-order valence-electron chi connectivity index (χ0n) is 11.9. The van der Waals surface area contributed by atoms with E-state index in [1.165, 1.54) is 0 Å². The number of hydrogen-bond donors (Lipinski definition) is 0. The highest BCUT2D eigenvalue weighted by Crippen LogP contribution is 2.36. The predicted molar refractivity (Wildman–Crippen MR) is 81.1 cm³/mol. The molecule has 0 radical (unpaired) electrons. The van der Waals surface area contributed by atoms with Crippen molar-refractivity contribution < 1.29 is 9.47 Å². The average Bonchev–Trinajstić information content (AvgIpc) is 2.47. The molecule has 0 N–H and O–H groups in total. The number of benzene rings is 2. The van der Waals surface area contributed by atoms with Crippen molar-refractivity contribution in [1.82, 2.24) is 0 Å². The number of para-hydroxylation sites is 2. The minimum atomic E-state index is 0.199. The number of rotatable bonds is 3. The van der Waals surface area contributed by atoms with Crippen LogP contribution in [0.3, 0.4) is 0 Å². The lowest BCUT2D eigenvalue weighted by Crippen LogP contribution is -2.28. The lowest BCUT2D eigenvalue weighted by Gasteiger charge is -2.31. The lowest BCUT2D eigenvalue weighted by atomic mass is 10.2. The Labute approximate surface area is 119 Å². The molecule has 0 unspecified atom stereocenters. The van der Waals surface area contributed by atoms with Crippen LogP contribution in [0.1, 0.15) is 13.8 Å². The summed E-state index contributed by atoms with van der Waals surface area (Å²) in [5, 5.41) is 0. The van der Waals surface area contributed by atoms with Crippen LogP contribution in [0.2, 0.25) is 0 Å². The van der Waals surface area contributed by atoms with Crippen LogP contribution >= 0.6 is 0 Å². The molecular weight excluding hydrogens is 250 g/mol. The van der Waals surface area contributed by atoms with Gasteiger partial charge in [-0.05, 0) is 50.2 Å². The molecule has 1 aliphatic heterocycles. The maximum atomic E-state index is 5.69. The smallest absolute Gasteiger partial charge is 0.143 e. The van der Waals surface area contributed by atoms with Crippen molar-refractivity contribution >= 4 is 11.4 Å². The third-order valence-electron chi connectivity index (χ3n) is 3.25. The van der Waals surface area contributed by atoms with Gasteiger partial charge in [-0.15, -0.1) is 0 Å². The van der Waals surface area contributed by atoms with Crippen LogP contribution in [0.4, 0.5) is 11.4 Å². The summed E-state index contributed by atoms with van der Waals surface area (Å²) in [5.74, 6) is 1.85. The average molecular weight is 269 g/mol. The van der Waals surface area contributed by atoms with Crippen molar-refractivity contribution in [3.63, 3.8) is 0 Å². The van der Waals surface area contributed by atoms with Gasteiger partial charge in [0.1, 0.15) is 18.1 Å². The maximum Gasteiger partial charge on any atom is 0.143 e. The van der Waals surface area contributed by atoms with Gasteiger partial charge in [-0.2, -0.15) is 0 Å². The minimum Gasteiger partial charge on any atom is -0.491 e. The SMILES string of the molecule is CC(C)Oc1ccc(N2CCOc3ccccc32)cc1. The van der Waals surface area contributed by atoms with Gasteiger partial charge >= 0.3 is 0 Å². The highest BCUT2D eigenvalue weighted by Gasteiger charge is 2.18. The molecule has 3 heteroatoms. The summed E-state index contributed by atoms with van der Waals surface area (Å²) in [6.45, 7) is 5.64. The molecule has 3 nitrogen and oxygen atoms in total. The molecule has 0 saturated heterocycles. The summed E-state index contributed by atoms with van der Waals surface area (Å²) >= 11 is 0. The Balaban J connectivity index is 1.87. The van der Waals surface area contributed by atoms with Gasteiger partial charge in [-0.3, -0.25) is 0 Å². The quantitative estimate of drug-likeness (QED) is 0.840. The Hall–Kier alpha value is -2.16. The molecule has 20 heavy (non-hydrogen) atoms. The van der Waals surface area contributed by atoms with Crippen molar-refractivity contribution in [3.8, 4) is 11.5 Å². The van der Waals surface area contributed by atoms with Crippen LogP contribution in [0.25, 0.3) is 0 Å². The molecule has 2 aromatic carbocycles. The van der Waals surface area contributed by atoms with Crippen LogP contribution < -0.4 is 14.4 Å². The predicted octanol–water partition coefficient (Wildman–Crippen LogP) is 4.00. The Morgan fingerprint density at radius 2 is 1.80 bits per heavy atom. The van der Waals surface area contributed by atoms with Gasteiger partial charge in [-0.25, -0.2) is 0 Å². The fraction of sp³-hybridized carbons (Fsp3) is 0.294. The van der Waals surface area contributed by atoms with Crippen LogP contribution in [0.5, 0.6) is 11.5 Å². The number of hydrogen-bond acceptors (Lipinski definition) is 3. The first-order chi connectivity index (χ1) is 9.74. The van der Waals surface area contributed by atoms with E-state index in [0.717, 1.165) is 29.4 Å². The zero-order chi connectivity index (χ0) is 13.9. The zero-order valence-corrected chi connectivity index (χ0v) is 11.9. The van der Waals surface area contributed by atoms with Gasteiger partial charge in [0, 0.05) is 5.69 Å². The van der Waals surface area contributed by atoms with E-state index in [1.54, 1.807) is 0 Å². The Kier molecular flexibility index (Phi) is 3.50. The molecule has 1 aliphatic rings. The summed E-state index contributed by atoms with van der Waals surface area (Å²) in [4.78, 5) is 2.28. The first-order valence-electron chi connectivity index (χ1n) is 7.00. The normalized spacial score (nSPS) is 13.8.